The molecular formula is C23H20ClFN4O2. The van der Waals surface area contributed by atoms with E-state index < -0.39 is 5.82 Å². The molecule has 0 saturated carbocycles. The summed E-state index contributed by atoms with van der Waals surface area (Å²) < 4.78 is 15.6. The molecule has 2 heterocycles. The van der Waals surface area contributed by atoms with E-state index in [1.54, 1.807) is 23.1 Å². The van der Waals surface area contributed by atoms with Gasteiger partial charge in [-0.3, -0.25) is 4.79 Å². The van der Waals surface area contributed by atoms with Gasteiger partial charge in [-0.1, -0.05) is 30.8 Å². The highest BCUT2D eigenvalue weighted by Crippen LogP contribution is 2.39. The van der Waals surface area contributed by atoms with E-state index in [1.807, 2.05) is 4.90 Å². The Labute approximate surface area is 183 Å². The molecule has 0 unspecified atom stereocenters. The highest BCUT2D eigenvalue weighted by atomic mass is 35.5. The molecule has 1 fully saturated rings. The maximum atomic E-state index is 15.6. The summed E-state index contributed by atoms with van der Waals surface area (Å²) in [5, 5.41) is 10.7. The van der Waals surface area contributed by atoms with Crippen LogP contribution in [0.3, 0.4) is 0 Å². The van der Waals surface area contributed by atoms with Crippen molar-refractivity contribution in [3.05, 3.63) is 66.2 Å². The van der Waals surface area contributed by atoms with Crippen LogP contribution >= 0.6 is 11.6 Å². The number of carbonyl (C=O) groups is 1. The van der Waals surface area contributed by atoms with Crippen LogP contribution in [0.4, 0.5) is 10.2 Å². The molecule has 0 spiro atoms. The number of aromatic nitrogens is 2. The molecule has 0 radical (unpaired) electrons. The maximum absolute atomic E-state index is 15.6. The van der Waals surface area contributed by atoms with E-state index in [2.05, 4.69) is 23.1 Å². The summed E-state index contributed by atoms with van der Waals surface area (Å²) in [6.07, 6.45) is 4.18. The van der Waals surface area contributed by atoms with Gasteiger partial charge in [0.15, 0.2) is 5.82 Å². The molecule has 1 aliphatic rings. The molecule has 158 valence electrons. The second kappa shape index (κ2) is 8.35. The van der Waals surface area contributed by atoms with Crippen molar-refractivity contribution in [3.63, 3.8) is 0 Å². The lowest BCUT2D eigenvalue weighted by Gasteiger charge is -2.35. The van der Waals surface area contributed by atoms with Gasteiger partial charge in [0, 0.05) is 37.1 Å². The van der Waals surface area contributed by atoms with Gasteiger partial charge in [-0.05, 0) is 41.5 Å². The minimum Gasteiger partial charge on any atom is -0.508 e. The largest absolute Gasteiger partial charge is 0.508 e. The Hall–Kier alpha value is -3.45. The summed E-state index contributed by atoms with van der Waals surface area (Å²) in [6, 6.07) is 6.31. The third-order valence-electron chi connectivity index (χ3n) is 5.33. The van der Waals surface area contributed by atoms with Gasteiger partial charge in [0.1, 0.15) is 23.4 Å². The number of hydrogen-bond donors (Lipinski definition) is 1. The van der Waals surface area contributed by atoms with Gasteiger partial charge in [-0.2, -0.15) is 0 Å². The van der Waals surface area contributed by atoms with Gasteiger partial charge in [-0.15, -0.1) is 0 Å². The zero-order valence-corrected chi connectivity index (χ0v) is 17.4. The van der Waals surface area contributed by atoms with Gasteiger partial charge in [0.25, 0.3) is 0 Å². The molecule has 31 heavy (non-hydrogen) atoms. The van der Waals surface area contributed by atoms with E-state index in [0.29, 0.717) is 48.5 Å². The first-order valence-corrected chi connectivity index (χ1v) is 10.1. The van der Waals surface area contributed by atoms with Crippen molar-refractivity contribution in [3.8, 4) is 16.9 Å². The number of phenols is 1. The Morgan fingerprint density at radius 3 is 2.55 bits per heavy atom. The molecule has 3 aromatic rings. The topological polar surface area (TPSA) is 69.6 Å². The second-order valence-corrected chi connectivity index (χ2v) is 7.58. The molecule has 0 aliphatic carbocycles. The molecule has 8 heteroatoms. The van der Waals surface area contributed by atoms with Gasteiger partial charge < -0.3 is 14.9 Å². The van der Waals surface area contributed by atoms with Crippen molar-refractivity contribution >= 4 is 40.3 Å². The van der Waals surface area contributed by atoms with Crippen LogP contribution in [0.1, 0.15) is 5.56 Å². The van der Waals surface area contributed by atoms with Crippen molar-refractivity contribution in [1.82, 2.24) is 14.9 Å². The Balaban J connectivity index is 1.77. The van der Waals surface area contributed by atoms with E-state index in [-0.39, 0.29) is 27.8 Å². The minimum absolute atomic E-state index is 0.0155. The minimum atomic E-state index is -0.591. The number of amides is 1. The molecule has 0 bridgehead atoms. The zero-order valence-electron chi connectivity index (χ0n) is 16.7. The van der Waals surface area contributed by atoms with E-state index in [0.717, 1.165) is 0 Å². The molecule has 1 N–H and O–H groups in total. The molecule has 0 atom stereocenters. The van der Waals surface area contributed by atoms with Crippen molar-refractivity contribution in [2.75, 3.05) is 31.1 Å². The van der Waals surface area contributed by atoms with E-state index in [9.17, 15) is 9.90 Å². The number of anilines is 1. The second-order valence-electron chi connectivity index (χ2n) is 7.17. The van der Waals surface area contributed by atoms with E-state index in [4.69, 9.17) is 11.6 Å². The average Bonchev–Trinajstić information content (AvgIpc) is 2.78. The third-order valence-corrected chi connectivity index (χ3v) is 5.63. The molecule has 1 amide bonds. The fourth-order valence-electron chi connectivity index (χ4n) is 3.80. The summed E-state index contributed by atoms with van der Waals surface area (Å²) in [7, 11) is 0. The van der Waals surface area contributed by atoms with Crippen LogP contribution in [-0.4, -0.2) is 52.1 Å². The monoisotopic (exact) mass is 438 g/mol. The Bertz CT molecular complexity index is 1210. The lowest BCUT2D eigenvalue weighted by atomic mass is 10.00. The summed E-state index contributed by atoms with van der Waals surface area (Å²) in [4.78, 5) is 24.0. The Morgan fingerprint density at radius 1 is 1.13 bits per heavy atom. The third kappa shape index (κ3) is 3.84. The Kier molecular flexibility index (Phi) is 5.61. The highest BCUT2D eigenvalue weighted by Gasteiger charge is 2.24. The lowest BCUT2D eigenvalue weighted by Crippen LogP contribution is -2.48. The molecule has 2 aromatic carbocycles. The van der Waals surface area contributed by atoms with Crippen molar-refractivity contribution < 1.29 is 14.3 Å². The fraction of sp³-hybridized carbons (Fsp3) is 0.174. The van der Waals surface area contributed by atoms with Crippen LogP contribution in [-0.2, 0) is 4.79 Å². The highest BCUT2D eigenvalue weighted by molar-refractivity contribution is 6.34. The summed E-state index contributed by atoms with van der Waals surface area (Å²) >= 11 is 6.50. The molecular weight excluding hydrogens is 419 g/mol. The zero-order chi connectivity index (χ0) is 22.1. The van der Waals surface area contributed by atoms with Crippen LogP contribution in [0.5, 0.6) is 5.75 Å². The molecule has 6 nitrogen and oxygen atoms in total. The lowest BCUT2D eigenvalue weighted by molar-refractivity contribution is -0.126. The maximum Gasteiger partial charge on any atom is 0.246 e. The Morgan fingerprint density at radius 2 is 1.87 bits per heavy atom. The summed E-state index contributed by atoms with van der Waals surface area (Å²) in [6.45, 7) is 9.32. The summed E-state index contributed by atoms with van der Waals surface area (Å²) in [5.74, 6) is -0.160. The molecule has 1 aliphatic heterocycles. The fourth-order valence-corrected chi connectivity index (χ4v) is 4.10. The number of phenolic OH excluding ortho intramolecular Hbond substituents is 1. The number of aromatic hydroxyl groups is 1. The van der Waals surface area contributed by atoms with Gasteiger partial charge >= 0.3 is 0 Å². The van der Waals surface area contributed by atoms with Crippen LogP contribution in [0.2, 0.25) is 5.02 Å². The number of nitrogens with zero attached hydrogens (tertiary/aromatic N) is 4. The normalized spacial score (nSPS) is 14.0. The van der Waals surface area contributed by atoms with Gasteiger partial charge in [0.2, 0.25) is 5.91 Å². The molecule has 1 saturated heterocycles. The van der Waals surface area contributed by atoms with Gasteiger partial charge in [-0.25, -0.2) is 14.4 Å². The van der Waals surface area contributed by atoms with Crippen LogP contribution in [0.15, 0.2) is 49.8 Å². The smallest absolute Gasteiger partial charge is 0.246 e. The number of carbonyl (C=O) groups excluding carboxylic acids is 1. The summed E-state index contributed by atoms with van der Waals surface area (Å²) in [5.41, 5.74) is 1.36. The first kappa shape index (κ1) is 20.8. The van der Waals surface area contributed by atoms with Crippen molar-refractivity contribution in [2.24, 2.45) is 0 Å². The number of fused-ring (bicyclic) bond motifs is 1. The first-order chi connectivity index (χ1) is 14.9. The van der Waals surface area contributed by atoms with Crippen LogP contribution in [0.25, 0.3) is 28.1 Å². The number of rotatable bonds is 4. The number of piperazine rings is 1. The van der Waals surface area contributed by atoms with E-state index >= 15 is 4.39 Å². The number of halogens is 2. The van der Waals surface area contributed by atoms with Crippen molar-refractivity contribution in [1.29, 1.82) is 0 Å². The standard InChI is InChI=1S/C23H20ClFN4O2/c1-3-14-9-15(11-16(30)10-14)20-18(24)12-17-22(21(20)25)26-13-27-23(17)29-7-5-28(6-8-29)19(31)4-2/h3-4,9-13,30H,1-2,5-8H2. The van der Waals surface area contributed by atoms with Gasteiger partial charge in [0.05, 0.1) is 5.02 Å². The predicted molar refractivity (Wildman–Crippen MR) is 121 cm³/mol. The molecule has 1 aromatic heterocycles. The number of hydrogen-bond acceptors (Lipinski definition) is 5. The molecule has 4 rings (SSSR count). The first-order valence-electron chi connectivity index (χ1n) is 9.68. The number of benzene rings is 2. The van der Waals surface area contributed by atoms with E-state index in [1.165, 1.54) is 24.5 Å². The SMILES string of the molecule is C=CC(=O)N1CCN(c2ncnc3c(F)c(-c4cc(O)cc(C=C)c4)c(Cl)cc23)CC1. The van der Waals surface area contributed by atoms with Crippen molar-refractivity contribution in [2.45, 2.75) is 0 Å². The average molecular weight is 439 g/mol. The van der Waals surface area contributed by atoms with Crippen LogP contribution < -0.4 is 4.90 Å². The predicted octanol–water partition coefficient (Wildman–Crippen LogP) is 4.27. The quantitative estimate of drug-likeness (QED) is 0.616. The van der Waals surface area contributed by atoms with Crippen LogP contribution in [0, 0.1) is 5.82 Å².